The van der Waals surface area contributed by atoms with Gasteiger partial charge in [-0.2, -0.15) is 0 Å². The number of carbonyl (C=O) groups excluding carboxylic acids is 2. The molecule has 0 saturated carbocycles. The number of carboxylic acids is 1. The Hall–Kier alpha value is -3.75. The van der Waals surface area contributed by atoms with Gasteiger partial charge in [0.1, 0.15) is 6.61 Å². The van der Waals surface area contributed by atoms with E-state index in [4.69, 9.17) is 14.2 Å². The summed E-state index contributed by atoms with van der Waals surface area (Å²) in [6, 6.07) is -0.628. The average molecular weight is 767 g/mol. The molecule has 2 atom stereocenters. The highest BCUT2D eigenvalue weighted by atomic mass is 16.6. The summed E-state index contributed by atoms with van der Waals surface area (Å²) in [6.07, 6.45) is 48.7. The molecule has 0 fully saturated rings. The van der Waals surface area contributed by atoms with Crippen LogP contribution in [-0.2, 0) is 28.6 Å². The molecule has 0 spiro atoms. The normalized spacial score (nSPS) is 14.0. The third kappa shape index (κ3) is 35.7. The molecule has 8 nitrogen and oxygen atoms in total. The molecule has 0 aliphatic carbocycles. The highest BCUT2D eigenvalue weighted by Crippen LogP contribution is 2.12. The van der Waals surface area contributed by atoms with Crippen molar-refractivity contribution in [2.24, 2.45) is 0 Å². The second kappa shape index (κ2) is 37.2. The Morgan fingerprint density at radius 1 is 0.564 bits per heavy atom. The Morgan fingerprint density at radius 3 is 1.58 bits per heavy atom. The molecule has 0 aromatic rings. The molecule has 310 valence electrons. The van der Waals surface area contributed by atoms with Crippen LogP contribution >= 0.6 is 0 Å². The summed E-state index contributed by atoms with van der Waals surface area (Å²) in [5, 5.41) is 9.60. The Balaban J connectivity index is 4.51. The summed E-state index contributed by atoms with van der Waals surface area (Å²) in [7, 11) is 5.49. The fraction of sp³-hybridized carbons (Fsp3) is 0.596. The minimum absolute atomic E-state index is 0.0360. The largest absolute Gasteiger partial charge is 0.477 e. The molecule has 0 aromatic heterocycles. The molecule has 2 unspecified atom stereocenters. The number of allylic oxidation sites excluding steroid dienone is 16. The molecule has 0 saturated heterocycles. The predicted molar refractivity (Wildman–Crippen MR) is 229 cm³/mol. The number of esters is 2. The van der Waals surface area contributed by atoms with Gasteiger partial charge >= 0.3 is 17.9 Å². The molecule has 0 aliphatic heterocycles. The Kier molecular flexibility index (Phi) is 34.7. The molecule has 0 amide bonds. The van der Waals surface area contributed by atoms with Crippen LogP contribution in [0, 0.1) is 0 Å². The molecule has 0 aromatic carbocycles. The van der Waals surface area contributed by atoms with Gasteiger partial charge in [0.25, 0.3) is 0 Å². The van der Waals surface area contributed by atoms with Gasteiger partial charge in [0.2, 0.25) is 0 Å². The van der Waals surface area contributed by atoms with E-state index in [-0.39, 0.29) is 36.2 Å². The molecular formula is C47H76NO7+. The lowest BCUT2D eigenvalue weighted by atomic mass is 10.1. The van der Waals surface area contributed by atoms with E-state index < -0.39 is 18.1 Å². The van der Waals surface area contributed by atoms with Crippen LogP contribution in [0.2, 0.25) is 0 Å². The van der Waals surface area contributed by atoms with E-state index >= 15 is 0 Å². The van der Waals surface area contributed by atoms with Crippen LogP contribution in [0.15, 0.2) is 97.2 Å². The number of hydrogen-bond donors (Lipinski definition) is 1. The minimum atomic E-state index is -0.889. The molecule has 55 heavy (non-hydrogen) atoms. The number of unbranched alkanes of at least 4 members (excludes halogenated alkanes) is 11. The molecule has 0 rings (SSSR count). The van der Waals surface area contributed by atoms with Crippen LogP contribution in [0.25, 0.3) is 0 Å². The van der Waals surface area contributed by atoms with Crippen molar-refractivity contribution in [3.8, 4) is 0 Å². The molecule has 0 aliphatic rings. The first kappa shape index (κ1) is 51.2. The van der Waals surface area contributed by atoms with Crippen molar-refractivity contribution >= 4 is 17.9 Å². The summed E-state index contributed by atoms with van der Waals surface area (Å²) in [5.41, 5.74) is 0. The van der Waals surface area contributed by atoms with Gasteiger partial charge in [-0.1, -0.05) is 150 Å². The van der Waals surface area contributed by atoms with Crippen molar-refractivity contribution in [1.29, 1.82) is 0 Å². The number of aliphatic carboxylic acids is 1. The second-order valence-electron chi connectivity index (χ2n) is 14.7. The highest BCUT2D eigenvalue weighted by molar-refractivity contribution is 5.72. The van der Waals surface area contributed by atoms with E-state index in [1.807, 2.05) is 94.1 Å². The zero-order chi connectivity index (χ0) is 40.7. The fourth-order valence-electron chi connectivity index (χ4n) is 5.42. The smallest absolute Gasteiger partial charge is 0.362 e. The number of carboxylic acid groups (broad SMARTS) is 1. The summed E-state index contributed by atoms with van der Waals surface area (Å²) in [4.78, 5) is 36.9. The van der Waals surface area contributed by atoms with Crippen LogP contribution in [-0.4, -0.2) is 80.6 Å². The van der Waals surface area contributed by atoms with E-state index in [0.29, 0.717) is 19.3 Å². The Labute approximate surface area is 335 Å². The first-order valence-corrected chi connectivity index (χ1v) is 20.9. The summed E-state index contributed by atoms with van der Waals surface area (Å²) in [6.45, 7) is 4.47. The van der Waals surface area contributed by atoms with Crippen LogP contribution in [0.5, 0.6) is 0 Å². The van der Waals surface area contributed by atoms with E-state index in [1.165, 1.54) is 25.7 Å². The molecule has 0 radical (unpaired) electrons. The van der Waals surface area contributed by atoms with Gasteiger partial charge in [-0.3, -0.25) is 9.59 Å². The van der Waals surface area contributed by atoms with E-state index in [2.05, 4.69) is 38.2 Å². The van der Waals surface area contributed by atoms with Crippen molar-refractivity contribution in [1.82, 2.24) is 0 Å². The van der Waals surface area contributed by atoms with Crippen LogP contribution in [0.4, 0.5) is 0 Å². The van der Waals surface area contributed by atoms with Gasteiger partial charge < -0.3 is 23.8 Å². The first-order valence-electron chi connectivity index (χ1n) is 20.9. The average Bonchev–Trinajstić information content (AvgIpc) is 3.14. The van der Waals surface area contributed by atoms with Crippen LogP contribution in [0.3, 0.4) is 0 Å². The van der Waals surface area contributed by atoms with Gasteiger partial charge in [-0.15, -0.1) is 0 Å². The van der Waals surface area contributed by atoms with Crippen LogP contribution < -0.4 is 0 Å². The van der Waals surface area contributed by atoms with Gasteiger partial charge in [-0.05, 0) is 57.8 Å². The lowest BCUT2D eigenvalue weighted by molar-refractivity contribution is -0.887. The van der Waals surface area contributed by atoms with E-state index in [9.17, 15) is 19.5 Å². The lowest BCUT2D eigenvalue weighted by Gasteiger charge is -2.31. The standard InChI is InChI=1S/C47H75NO7/c1-6-8-10-12-14-16-18-20-21-22-23-24-25-26-28-29-31-33-35-37-45(49)54-42-43(41-53-40-39-44(47(51)52)48(3,4)5)55-46(50)38-36-34-32-30-27-19-17-15-13-11-9-7-2/h8,10,12,14-18,20-26,28,43-44H,6-7,9,11,13,19,27,29-42H2,1-5H3/p+1/b10-8+,14-12+,17-15+,18-16+,21-20+,23-22+,25-24+,28-26+. The topological polar surface area (TPSA) is 99.1 Å². The summed E-state index contributed by atoms with van der Waals surface area (Å²) >= 11 is 0. The number of quaternary nitrogens is 1. The Bertz CT molecular complexity index is 1220. The monoisotopic (exact) mass is 767 g/mol. The van der Waals surface area contributed by atoms with Crippen molar-refractivity contribution in [2.45, 2.75) is 142 Å². The number of likely N-dealkylation sites (N-methyl/N-ethyl adjacent to an activating group) is 1. The number of nitrogens with zero attached hydrogens (tertiary/aromatic N) is 1. The molecule has 1 N–H and O–H groups in total. The van der Waals surface area contributed by atoms with E-state index in [1.54, 1.807) is 0 Å². The zero-order valence-corrected chi connectivity index (χ0v) is 35.1. The number of rotatable bonds is 35. The molecule has 8 heteroatoms. The quantitative estimate of drug-likeness (QED) is 0.0225. The lowest BCUT2D eigenvalue weighted by Crippen LogP contribution is -2.50. The Morgan fingerprint density at radius 2 is 1.04 bits per heavy atom. The number of hydrogen-bond acceptors (Lipinski definition) is 6. The van der Waals surface area contributed by atoms with Gasteiger partial charge in [-0.25, -0.2) is 4.79 Å². The fourth-order valence-corrected chi connectivity index (χ4v) is 5.42. The second-order valence-corrected chi connectivity index (χ2v) is 14.7. The van der Waals surface area contributed by atoms with Crippen molar-refractivity contribution in [3.05, 3.63) is 97.2 Å². The number of ether oxygens (including phenoxy) is 3. The molecule has 0 bridgehead atoms. The highest BCUT2D eigenvalue weighted by Gasteiger charge is 2.31. The maximum Gasteiger partial charge on any atom is 0.362 e. The minimum Gasteiger partial charge on any atom is -0.477 e. The number of carbonyl (C=O) groups is 3. The maximum absolute atomic E-state index is 12.7. The van der Waals surface area contributed by atoms with Crippen molar-refractivity contribution in [3.63, 3.8) is 0 Å². The SMILES string of the molecule is CC/C=C/C=C/C=C/C=C/C=C/C=C/C=C/CCCCCC(=O)OCC(COCCC(C(=O)O)[N+](C)(C)C)OC(=O)CCCCCCC/C=C/CCCCC. The first-order chi connectivity index (χ1) is 26.6. The molecule has 0 heterocycles. The van der Waals surface area contributed by atoms with Gasteiger partial charge in [0, 0.05) is 19.3 Å². The third-order valence-electron chi connectivity index (χ3n) is 8.66. The van der Waals surface area contributed by atoms with E-state index in [0.717, 1.165) is 70.6 Å². The van der Waals surface area contributed by atoms with Gasteiger partial charge in [0.05, 0.1) is 34.4 Å². The maximum atomic E-state index is 12.7. The summed E-state index contributed by atoms with van der Waals surface area (Å²) < 4.78 is 17.2. The predicted octanol–water partition coefficient (Wildman–Crippen LogP) is 11.1. The summed E-state index contributed by atoms with van der Waals surface area (Å²) in [5.74, 6) is -1.55. The third-order valence-corrected chi connectivity index (χ3v) is 8.66. The van der Waals surface area contributed by atoms with Gasteiger partial charge in [0.15, 0.2) is 12.1 Å². The van der Waals surface area contributed by atoms with Crippen molar-refractivity contribution < 1.29 is 38.2 Å². The van der Waals surface area contributed by atoms with Crippen molar-refractivity contribution in [2.75, 3.05) is 41.0 Å². The van der Waals surface area contributed by atoms with Crippen LogP contribution in [0.1, 0.15) is 129 Å². The molecular weight excluding hydrogens is 691 g/mol. The zero-order valence-electron chi connectivity index (χ0n) is 35.1.